The number of carbonyl (C=O) groups excluding carboxylic acids is 2. The van der Waals surface area contributed by atoms with Gasteiger partial charge in [-0.3, -0.25) is 9.59 Å². The second-order valence-electron chi connectivity index (χ2n) is 6.55. The van der Waals surface area contributed by atoms with E-state index < -0.39 is 11.5 Å². The summed E-state index contributed by atoms with van der Waals surface area (Å²) in [5, 5.41) is 0.341. The normalized spacial score (nSPS) is 10.8. The first-order valence-electron chi connectivity index (χ1n) is 9.37. The molecule has 0 aliphatic carbocycles. The quantitative estimate of drug-likeness (QED) is 0.352. The van der Waals surface area contributed by atoms with Crippen molar-refractivity contribution >= 4 is 34.7 Å². The average molecular weight is 426 g/mol. The van der Waals surface area contributed by atoms with Gasteiger partial charge in [-0.1, -0.05) is 42.1 Å². The van der Waals surface area contributed by atoms with Crippen LogP contribution >= 0.6 is 11.8 Å². The Hall–Kier alpha value is -3.20. The first-order chi connectivity index (χ1) is 14.4. The Bertz CT molecular complexity index is 1130. The number of amides is 1. The molecular weight excluding hydrogens is 404 g/mol. The van der Waals surface area contributed by atoms with Crippen LogP contribution in [0.2, 0.25) is 0 Å². The van der Waals surface area contributed by atoms with E-state index >= 15 is 0 Å². The van der Waals surface area contributed by atoms with E-state index in [1.807, 2.05) is 37.3 Å². The Morgan fingerprint density at radius 1 is 1.20 bits per heavy atom. The number of nitrogens with zero attached hydrogens (tertiary/aromatic N) is 3. The molecule has 0 bridgehead atoms. The van der Waals surface area contributed by atoms with Crippen LogP contribution in [-0.4, -0.2) is 51.1 Å². The van der Waals surface area contributed by atoms with E-state index in [2.05, 4.69) is 15.0 Å². The number of ether oxygens (including phenoxy) is 1. The molecule has 0 spiro atoms. The van der Waals surface area contributed by atoms with Crippen LogP contribution in [0.5, 0.6) is 0 Å². The summed E-state index contributed by atoms with van der Waals surface area (Å²) in [5.74, 6) is -0.584. The fourth-order valence-corrected chi connectivity index (χ4v) is 3.74. The van der Waals surface area contributed by atoms with Crippen LogP contribution in [-0.2, 0) is 16.1 Å². The van der Waals surface area contributed by atoms with Gasteiger partial charge in [0, 0.05) is 18.8 Å². The minimum atomic E-state index is -0.632. The molecule has 3 aromatic rings. The zero-order valence-electron chi connectivity index (χ0n) is 17.0. The number of benzene rings is 1. The lowest BCUT2D eigenvalue weighted by Crippen LogP contribution is -2.31. The number of methoxy groups -OCH3 is 1. The van der Waals surface area contributed by atoms with Gasteiger partial charge in [0.15, 0.2) is 10.8 Å². The van der Waals surface area contributed by atoms with E-state index in [-0.39, 0.29) is 33.4 Å². The van der Waals surface area contributed by atoms with Crippen LogP contribution in [0.15, 0.2) is 46.3 Å². The fraction of sp³-hybridized carbons (Fsp3) is 0.286. The number of aryl methyl sites for hydroxylation is 1. The first-order valence-corrected chi connectivity index (χ1v) is 10.4. The molecule has 0 atom stereocenters. The predicted octanol–water partition coefficient (Wildman–Crippen LogP) is 2.55. The van der Waals surface area contributed by atoms with E-state index in [0.29, 0.717) is 18.8 Å². The Kier molecular flexibility index (Phi) is 6.83. The number of fused-ring (bicyclic) bond motifs is 1. The summed E-state index contributed by atoms with van der Waals surface area (Å²) in [4.78, 5) is 50.2. The van der Waals surface area contributed by atoms with Crippen molar-refractivity contribution < 1.29 is 14.3 Å². The predicted molar refractivity (Wildman–Crippen MR) is 114 cm³/mol. The van der Waals surface area contributed by atoms with Crippen LogP contribution in [0, 0.1) is 6.92 Å². The van der Waals surface area contributed by atoms with Crippen molar-refractivity contribution in [2.75, 3.05) is 19.4 Å². The molecule has 0 unspecified atom stereocenters. The standard InChI is InChI=1S/C21H22N4O4S/c1-4-25(11-14-8-6-5-7-9-14)16(26)12-30-21-23-18-17(19(27)24-21)15(20(28)29-3)10-13(2)22-18/h5-10H,4,11-12H2,1-3H3,(H,22,23,24,27). The second kappa shape index (κ2) is 9.53. The number of hydrogen-bond donors (Lipinski definition) is 1. The van der Waals surface area contributed by atoms with Crippen molar-refractivity contribution in [3.63, 3.8) is 0 Å². The zero-order valence-corrected chi connectivity index (χ0v) is 17.8. The maximum Gasteiger partial charge on any atom is 0.338 e. The molecule has 156 valence electrons. The van der Waals surface area contributed by atoms with Crippen molar-refractivity contribution in [3.05, 3.63) is 63.6 Å². The van der Waals surface area contributed by atoms with E-state index in [9.17, 15) is 14.4 Å². The van der Waals surface area contributed by atoms with Gasteiger partial charge < -0.3 is 14.6 Å². The molecular formula is C21H22N4O4S. The molecule has 1 aromatic carbocycles. The number of pyridine rings is 1. The Morgan fingerprint density at radius 3 is 2.60 bits per heavy atom. The molecule has 9 heteroatoms. The van der Waals surface area contributed by atoms with Gasteiger partial charge in [-0.15, -0.1) is 0 Å². The summed E-state index contributed by atoms with van der Waals surface area (Å²) in [6.07, 6.45) is 0. The van der Waals surface area contributed by atoms with E-state index in [1.165, 1.54) is 13.2 Å². The summed E-state index contributed by atoms with van der Waals surface area (Å²) in [6, 6.07) is 11.2. The van der Waals surface area contributed by atoms with Gasteiger partial charge >= 0.3 is 5.97 Å². The van der Waals surface area contributed by atoms with Gasteiger partial charge in [-0.25, -0.2) is 14.8 Å². The Labute approximate surface area is 177 Å². The van der Waals surface area contributed by atoms with Crippen molar-refractivity contribution in [2.45, 2.75) is 25.5 Å². The van der Waals surface area contributed by atoms with E-state index in [0.717, 1.165) is 17.3 Å². The summed E-state index contributed by atoms with van der Waals surface area (Å²) in [6.45, 7) is 4.71. The number of hydrogen-bond acceptors (Lipinski definition) is 7. The molecule has 0 aliphatic heterocycles. The number of H-pyrrole nitrogens is 1. The number of aromatic nitrogens is 3. The summed E-state index contributed by atoms with van der Waals surface area (Å²) in [7, 11) is 1.25. The highest BCUT2D eigenvalue weighted by Gasteiger charge is 2.18. The van der Waals surface area contributed by atoms with Crippen LogP contribution < -0.4 is 5.56 Å². The molecule has 0 fully saturated rings. The number of aromatic amines is 1. The molecule has 8 nitrogen and oxygen atoms in total. The maximum atomic E-state index is 12.6. The van der Waals surface area contributed by atoms with Crippen LogP contribution in [0.3, 0.4) is 0 Å². The molecule has 2 heterocycles. The van der Waals surface area contributed by atoms with Gasteiger partial charge in [-0.2, -0.15) is 0 Å². The van der Waals surface area contributed by atoms with Gasteiger partial charge in [0.1, 0.15) is 0 Å². The van der Waals surface area contributed by atoms with Crippen molar-refractivity contribution in [1.82, 2.24) is 19.9 Å². The van der Waals surface area contributed by atoms with Crippen LogP contribution in [0.1, 0.15) is 28.5 Å². The smallest absolute Gasteiger partial charge is 0.338 e. The lowest BCUT2D eigenvalue weighted by atomic mass is 10.1. The topological polar surface area (TPSA) is 105 Å². The zero-order chi connectivity index (χ0) is 21.7. The Balaban J connectivity index is 1.80. The summed E-state index contributed by atoms with van der Waals surface area (Å²) >= 11 is 1.12. The third-order valence-electron chi connectivity index (χ3n) is 4.47. The molecule has 2 aromatic heterocycles. The van der Waals surface area contributed by atoms with Crippen molar-refractivity contribution in [3.8, 4) is 0 Å². The minimum Gasteiger partial charge on any atom is -0.465 e. The van der Waals surface area contributed by atoms with Gasteiger partial charge in [0.25, 0.3) is 5.56 Å². The molecule has 0 saturated carbocycles. The third kappa shape index (κ3) is 4.85. The second-order valence-corrected chi connectivity index (χ2v) is 7.52. The average Bonchev–Trinajstić information content (AvgIpc) is 2.75. The molecule has 3 rings (SSSR count). The minimum absolute atomic E-state index is 0.0680. The number of esters is 1. The molecule has 0 radical (unpaired) electrons. The largest absolute Gasteiger partial charge is 0.465 e. The monoisotopic (exact) mass is 426 g/mol. The SMILES string of the molecule is CCN(Cc1ccccc1)C(=O)CSc1nc2nc(C)cc(C(=O)OC)c2c(=O)[nH]1. The highest BCUT2D eigenvalue weighted by atomic mass is 32.2. The molecule has 1 amide bonds. The van der Waals surface area contributed by atoms with Gasteiger partial charge in [0.2, 0.25) is 5.91 Å². The molecule has 1 N–H and O–H groups in total. The first kappa shape index (κ1) is 21.5. The fourth-order valence-electron chi connectivity index (χ4n) is 2.99. The number of carbonyl (C=O) groups is 2. The molecule has 0 saturated heterocycles. The highest BCUT2D eigenvalue weighted by Crippen LogP contribution is 2.19. The molecule has 30 heavy (non-hydrogen) atoms. The summed E-state index contributed by atoms with van der Waals surface area (Å²) in [5.41, 5.74) is 1.34. The number of rotatable bonds is 7. The van der Waals surface area contributed by atoms with E-state index in [4.69, 9.17) is 4.74 Å². The number of thioether (sulfide) groups is 1. The van der Waals surface area contributed by atoms with Gasteiger partial charge in [-0.05, 0) is 25.5 Å². The maximum absolute atomic E-state index is 12.6. The van der Waals surface area contributed by atoms with Crippen molar-refractivity contribution in [2.24, 2.45) is 0 Å². The van der Waals surface area contributed by atoms with Crippen LogP contribution in [0.25, 0.3) is 11.0 Å². The molecule has 0 aliphatic rings. The van der Waals surface area contributed by atoms with E-state index in [1.54, 1.807) is 11.8 Å². The van der Waals surface area contributed by atoms with Crippen LogP contribution in [0.4, 0.5) is 0 Å². The lowest BCUT2D eigenvalue weighted by molar-refractivity contribution is -0.128. The van der Waals surface area contributed by atoms with Crippen molar-refractivity contribution in [1.29, 1.82) is 0 Å². The summed E-state index contributed by atoms with van der Waals surface area (Å²) < 4.78 is 4.75. The Morgan fingerprint density at radius 2 is 1.93 bits per heavy atom. The highest BCUT2D eigenvalue weighted by molar-refractivity contribution is 7.99. The lowest BCUT2D eigenvalue weighted by Gasteiger charge is -2.20. The third-order valence-corrected chi connectivity index (χ3v) is 5.33. The van der Waals surface area contributed by atoms with Gasteiger partial charge in [0.05, 0.1) is 23.8 Å². The number of nitrogens with one attached hydrogen (secondary N) is 1.